The van der Waals surface area contributed by atoms with Crippen LogP contribution >= 0.6 is 11.3 Å². The third-order valence-corrected chi connectivity index (χ3v) is 5.20. The molecule has 0 amide bonds. The Hall–Kier alpha value is -1.15. The van der Waals surface area contributed by atoms with E-state index in [0.717, 1.165) is 15.6 Å². The molecular weight excluding hydrogens is 319 g/mol. The number of hydrogen-bond acceptors (Lipinski definition) is 4. The summed E-state index contributed by atoms with van der Waals surface area (Å²) in [5.41, 5.74) is 0.767. The summed E-state index contributed by atoms with van der Waals surface area (Å²) in [6.07, 6.45) is -2.81. The molecule has 0 bridgehead atoms. The van der Waals surface area contributed by atoms with Crippen molar-refractivity contribution in [2.75, 3.05) is 6.61 Å². The highest BCUT2D eigenvalue weighted by Gasteiger charge is 2.42. The van der Waals surface area contributed by atoms with E-state index in [9.17, 15) is 18.0 Å². The molecule has 22 heavy (non-hydrogen) atoms. The molecule has 0 aliphatic heterocycles. The second-order valence-electron chi connectivity index (χ2n) is 5.54. The van der Waals surface area contributed by atoms with E-state index in [-0.39, 0.29) is 32.0 Å². The zero-order chi connectivity index (χ0) is 16.3. The van der Waals surface area contributed by atoms with E-state index < -0.39 is 18.1 Å². The fraction of sp³-hybridized carbons (Fsp3) is 0.714. The largest absolute Gasteiger partial charge is 0.480 e. The number of rotatable bonds is 5. The molecule has 124 valence electrons. The Morgan fingerprint density at radius 2 is 2.00 bits per heavy atom. The first-order chi connectivity index (χ1) is 10.3. The van der Waals surface area contributed by atoms with Crippen LogP contribution in [0.2, 0.25) is 0 Å². The summed E-state index contributed by atoms with van der Waals surface area (Å²) in [4.78, 5) is 15.7. The number of halogens is 3. The minimum atomic E-state index is -4.10. The van der Waals surface area contributed by atoms with Crippen molar-refractivity contribution in [3.63, 3.8) is 0 Å². The molecule has 4 nitrogen and oxygen atoms in total. The van der Waals surface area contributed by atoms with E-state index in [1.807, 2.05) is 0 Å². The molecule has 1 N–H and O–H groups in total. The lowest BCUT2D eigenvalue weighted by Crippen LogP contribution is -2.27. The number of carboxylic acids is 1. The summed E-state index contributed by atoms with van der Waals surface area (Å²) >= 11 is 1.42. The number of hydrogen-bond donors (Lipinski definition) is 1. The molecule has 1 aromatic heterocycles. The Labute approximate surface area is 130 Å². The van der Waals surface area contributed by atoms with Crippen LogP contribution in [0.1, 0.15) is 47.2 Å². The van der Waals surface area contributed by atoms with Crippen molar-refractivity contribution in [2.45, 2.75) is 51.3 Å². The van der Waals surface area contributed by atoms with E-state index in [0.29, 0.717) is 12.8 Å². The average molecular weight is 337 g/mol. The summed E-state index contributed by atoms with van der Waals surface area (Å²) in [7, 11) is 0. The lowest BCUT2D eigenvalue weighted by atomic mass is 9.82. The first-order valence-corrected chi connectivity index (χ1v) is 7.91. The van der Waals surface area contributed by atoms with E-state index in [2.05, 4.69) is 4.98 Å². The van der Waals surface area contributed by atoms with Gasteiger partial charge in [0.1, 0.15) is 6.61 Å². The second kappa shape index (κ2) is 6.95. The van der Waals surface area contributed by atoms with E-state index in [1.54, 1.807) is 6.92 Å². The van der Waals surface area contributed by atoms with Crippen LogP contribution in [0.3, 0.4) is 0 Å². The molecule has 1 aliphatic rings. The molecular formula is C14H18F3NO3S. The number of nitrogens with zero attached hydrogens (tertiary/aromatic N) is 1. The third kappa shape index (κ3) is 4.42. The SMILES string of the molecule is Cc1nc(C2CCC(C(F)(F)F)CC2)sc1COCC(=O)O. The van der Waals surface area contributed by atoms with Crippen LogP contribution in [-0.2, 0) is 16.1 Å². The molecule has 0 spiro atoms. The third-order valence-electron chi connectivity index (χ3n) is 3.91. The highest BCUT2D eigenvalue weighted by Crippen LogP contribution is 2.43. The topological polar surface area (TPSA) is 59.4 Å². The Balaban J connectivity index is 1.92. The van der Waals surface area contributed by atoms with Gasteiger partial charge in [0.25, 0.3) is 0 Å². The number of alkyl halides is 3. The van der Waals surface area contributed by atoms with Crippen LogP contribution in [0.5, 0.6) is 0 Å². The number of carbonyl (C=O) groups is 1. The maximum atomic E-state index is 12.7. The van der Waals surface area contributed by atoms with Crippen molar-refractivity contribution >= 4 is 17.3 Å². The quantitative estimate of drug-likeness (QED) is 0.885. The van der Waals surface area contributed by atoms with Crippen molar-refractivity contribution in [1.29, 1.82) is 0 Å². The van der Waals surface area contributed by atoms with Crippen LogP contribution in [0.4, 0.5) is 13.2 Å². The van der Waals surface area contributed by atoms with E-state index >= 15 is 0 Å². The molecule has 0 saturated heterocycles. The highest BCUT2D eigenvalue weighted by molar-refractivity contribution is 7.11. The first-order valence-electron chi connectivity index (χ1n) is 7.09. The Bertz CT molecular complexity index is 522. The Morgan fingerprint density at radius 3 is 2.55 bits per heavy atom. The Kier molecular flexibility index (Phi) is 5.44. The van der Waals surface area contributed by atoms with Crippen molar-refractivity contribution < 1.29 is 27.8 Å². The van der Waals surface area contributed by atoms with Crippen LogP contribution in [-0.4, -0.2) is 28.8 Å². The van der Waals surface area contributed by atoms with Crippen LogP contribution in [0.15, 0.2) is 0 Å². The molecule has 0 atom stereocenters. The van der Waals surface area contributed by atoms with Gasteiger partial charge < -0.3 is 9.84 Å². The molecule has 1 aromatic rings. The lowest BCUT2D eigenvalue weighted by molar-refractivity contribution is -0.182. The summed E-state index contributed by atoms with van der Waals surface area (Å²) < 4.78 is 43.0. The number of ether oxygens (including phenoxy) is 1. The van der Waals surface area contributed by atoms with Gasteiger partial charge in [-0.05, 0) is 32.6 Å². The van der Waals surface area contributed by atoms with Gasteiger partial charge in [0, 0.05) is 5.92 Å². The van der Waals surface area contributed by atoms with Crippen LogP contribution in [0.25, 0.3) is 0 Å². The normalized spacial score (nSPS) is 22.7. The summed E-state index contributed by atoms with van der Waals surface area (Å²) in [5, 5.41) is 9.37. The van der Waals surface area contributed by atoms with Crippen molar-refractivity contribution in [1.82, 2.24) is 4.98 Å². The predicted molar refractivity (Wildman–Crippen MR) is 74.9 cm³/mol. The minimum absolute atomic E-state index is 0.0653. The van der Waals surface area contributed by atoms with Crippen molar-refractivity contribution in [3.05, 3.63) is 15.6 Å². The molecule has 0 radical (unpaired) electrons. The van der Waals surface area contributed by atoms with Gasteiger partial charge in [0.15, 0.2) is 0 Å². The number of carboxylic acid groups (broad SMARTS) is 1. The zero-order valence-electron chi connectivity index (χ0n) is 12.2. The standard InChI is InChI=1S/C14H18F3NO3S/c1-8-11(6-21-7-12(19)20)22-13(18-8)9-2-4-10(5-3-9)14(15,16)17/h9-10H,2-7H2,1H3,(H,19,20). The minimum Gasteiger partial charge on any atom is -0.480 e. The van der Waals surface area contributed by atoms with Gasteiger partial charge in [0.05, 0.1) is 28.1 Å². The van der Waals surface area contributed by atoms with Crippen molar-refractivity contribution in [2.24, 2.45) is 5.92 Å². The van der Waals surface area contributed by atoms with Gasteiger partial charge in [-0.2, -0.15) is 13.2 Å². The Morgan fingerprint density at radius 1 is 1.36 bits per heavy atom. The first kappa shape index (κ1) is 17.2. The van der Waals surface area contributed by atoms with Gasteiger partial charge in [-0.15, -0.1) is 11.3 Å². The number of aromatic nitrogens is 1. The summed E-state index contributed by atoms with van der Waals surface area (Å²) in [6, 6.07) is 0. The van der Waals surface area contributed by atoms with Gasteiger partial charge in [-0.25, -0.2) is 9.78 Å². The van der Waals surface area contributed by atoms with Crippen molar-refractivity contribution in [3.8, 4) is 0 Å². The van der Waals surface area contributed by atoms with Crippen LogP contribution < -0.4 is 0 Å². The number of aliphatic carboxylic acids is 1. The summed E-state index contributed by atoms with van der Waals surface area (Å²) in [5.74, 6) is -2.16. The molecule has 8 heteroatoms. The average Bonchev–Trinajstić information content (AvgIpc) is 2.79. The fourth-order valence-corrected chi connectivity index (χ4v) is 3.83. The van der Waals surface area contributed by atoms with Crippen LogP contribution in [0, 0.1) is 12.8 Å². The van der Waals surface area contributed by atoms with E-state index in [1.165, 1.54) is 11.3 Å². The lowest BCUT2D eigenvalue weighted by Gasteiger charge is -2.28. The van der Waals surface area contributed by atoms with Gasteiger partial charge in [-0.3, -0.25) is 0 Å². The molecule has 1 fully saturated rings. The monoisotopic (exact) mass is 337 g/mol. The summed E-state index contributed by atoms with van der Waals surface area (Å²) in [6.45, 7) is 1.61. The smallest absolute Gasteiger partial charge is 0.391 e. The molecule has 1 saturated carbocycles. The number of aryl methyl sites for hydroxylation is 1. The zero-order valence-corrected chi connectivity index (χ0v) is 13.0. The molecule has 1 heterocycles. The maximum Gasteiger partial charge on any atom is 0.391 e. The molecule has 2 rings (SSSR count). The van der Waals surface area contributed by atoms with Gasteiger partial charge in [0.2, 0.25) is 0 Å². The fourth-order valence-electron chi connectivity index (χ4n) is 2.66. The number of thiazole rings is 1. The second-order valence-corrected chi connectivity index (χ2v) is 6.65. The molecule has 1 aliphatic carbocycles. The van der Waals surface area contributed by atoms with Gasteiger partial charge >= 0.3 is 12.1 Å². The molecule has 0 unspecified atom stereocenters. The molecule has 0 aromatic carbocycles. The van der Waals surface area contributed by atoms with E-state index in [4.69, 9.17) is 9.84 Å². The maximum absolute atomic E-state index is 12.7. The van der Waals surface area contributed by atoms with Gasteiger partial charge in [-0.1, -0.05) is 0 Å². The highest BCUT2D eigenvalue weighted by atomic mass is 32.1. The predicted octanol–water partition coefficient (Wildman–Crippen LogP) is 3.89.